The van der Waals surface area contributed by atoms with E-state index in [1.54, 1.807) is 22.6 Å². The summed E-state index contributed by atoms with van der Waals surface area (Å²) in [4.78, 5) is 2.42. The summed E-state index contributed by atoms with van der Waals surface area (Å²) in [6, 6.07) is 3.72. The van der Waals surface area contributed by atoms with Crippen LogP contribution < -0.4 is 5.32 Å². The molecule has 19 heavy (non-hydrogen) atoms. The van der Waals surface area contributed by atoms with Crippen LogP contribution in [0.2, 0.25) is 0 Å². The number of rotatable bonds is 2. The van der Waals surface area contributed by atoms with Gasteiger partial charge in [-0.1, -0.05) is 6.07 Å². The first kappa shape index (κ1) is 14.0. The van der Waals surface area contributed by atoms with E-state index in [1.165, 1.54) is 12.1 Å². The molecular formula is C11H4F5IN2. The van der Waals surface area contributed by atoms with Crippen LogP contribution in [0.4, 0.5) is 33.3 Å². The number of benzene rings is 1. The van der Waals surface area contributed by atoms with Crippen molar-refractivity contribution in [3.05, 3.63) is 51.1 Å². The van der Waals surface area contributed by atoms with Crippen molar-refractivity contribution in [3.8, 4) is 0 Å². The second-order valence-corrected chi connectivity index (χ2v) is 4.50. The summed E-state index contributed by atoms with van der Waals surface area (Å²) in [7, 11) is 0. The molecule has 2 nitrogen and oxygen atoms in total. The Labute approximate surface area is 117 Å². The van der Waals surface area contributed by atoms with Crippen molar-refractivity contribution >= 4 is 34.0 Å². The molecule has 0 amide bonds. The third-order valence-corrected chi connectivity index (χ3v) is 3.31. The van der Waals surface area contributed by atoms with Crippen molar-refractivity contribution in [1.29, 1.82) is 0 Å². The van der Waals surface area contributed by atoms with Crippen LogP contribution in [0.25, 0.3) is 0 Å². The summed E-state index contributed by atoms with van der Waals surface area (Å²) in [5.41, 5.74) is -1.09. The number of pyridine rings is 1. The lowest BCUT2D eigenvalue weighted by Crippen LogP contribution is -2.07. The molecule has 1 aromatic heterocycles. The standard InChI is InChI=1S/C11H4F5IN2/c12-4-2-1-3-5(8(4)17)18-9-6(13)10(15)19-11(16)7(9)14/h1-3H,(H,18,19). The Morgan fingerprint density at radius 3 is 2.11 bits per heavy atom. The maximum Gasteiger partial charge on any atom is 0.253 e. The van der Waals surface area contributed by atoms with Gasteiger partial charge in [0.25, 0.3) is 11.9 Å². The summed E-state index contributed by atoms with van der Waals surface area (Å²) in [5.74, 6) is -7.57. The summed E-state index contributed by atoms with van der Waals surface area (Å²) < 4.78 is 65.8. The fraction of sp³-hybridized carbons (Fsp3) is 0. The van der Waals surface area contributed by atoms with Crippen LogP contribution in [-0.2, 0) is 0 Å². The Morgan fingerprint density at radius 2 is 1.53 bits per heavy atom. The lowest BCUT2D eigenvalue weighted by Gasteiger charge is -2.11. The Kier molecular flexibility index (Phi) is 3.88. The first-order valence-corrected chi connectivity index (χ1v) is 5.90. The van der Waals surface area contributed by atoms with Gasteiger partial charge in [0.15, 0.2) is 0 Å². The minimum Gasteiger partial charge on any atom is -0.349 e. The minimum atomic E-state index is -1.78. The van der Waals surface area contributed by atoms with Gasteiger partial charge in [-0.05, 0) is 34.7 Å². The monoisotopic (exact) mass is 386 g/mol. The van der Waals surface area contributed by atoms with Crippen molar-refractivity contribution < 1.29 is 22.0 Å². The molecule has 0 spiro atoms. The number of nitrogens with one attached hydrogen (secondary N) is 1. The van der Waals surface area contributed by atoms with Crippen molar-refractivity contribution in [2.75, 3.05) is 5.32 Å². The lowest BCUT2D eigenvalue weighted by molar-refractivity contribution is 0.411. The van der Waals surface area contributed by atoms with Crippen LogP contribution in [0.3, 0.4) is 0 Å². The molecule has 0 aliphatic rings. The Hall–Kier alpha value is -1.45. The number of halogens is 6. The molecule has 1 N–H and O–H groups in total. The van der Waals surface area contributed by atoms with Crippen molar-refractivity contribution in [3.63, 3.8) is 0 Å². The van der Waals surface area contributed by atoms with Gasteiger partial charge in [-0.3, -0.25) is 0 Å². The Morgan fingerprint density at radius 1 is 0.947 bits per heavy atom. The maximum atomic E-state index is 13.4. The minimum absolute atomic E-state index is 0.0246. The molecule has 2 aromatic rings. The predicted molar refractivity (Wildman–Crippen MR) is 66.5 cm³/mol. The zero-order valence-electron chi connectivity index (χ0n) is 8.95. The van der Waals surface area contributed by atoms with Crippen LogP contribution >= 0.6 is 22.6 Å². The van der Waals surface area contributed by atoms with Gasteiger partial charge in [0.1, 0.15) is 11.5 Å². The van der Waals surface area contributed by atoms with Crippen molar-refractivity contribution in [2.45, 2.75) is 0 Å². The quantitative estimate of drug-likeness (QED) is 0.477. The second kappa shape index (κ2) is 5.27. The van der Waals surface area contributed by atoms with E-state index in [0.717, 1.165) is 6.07 Å². The van der Waals surface area contributed by atoms with E-state index in [1.807, 2.05) is 0 Å². The molecule has 1 aromatic carbocycles. The third kappa shape index (κ3) is 2.62. The highest BCUT2D eigenvalue weighted by molar-refractivity contribution is 14.1. The zero-order chi connectivity index (χ0) is 14.2. The number of anilines is 2. The molecule has 0 bridgehead atoms. The largest absolute Gasteiger partial charge is 0.349 e. The molecule has 1 heterocycles. The molecular weight excluding hydrogens is 382 g/mol. The van der Waals surface area contributed by atoms with Crippen molar-refractivity contribution in [2.24, 2.45) is 0 Å². The van der Waals surface area contributed by atoms with E-state index in [2.05, 4.69) is 10.3 Å². The van der Waals surface area contributed by atoms with Gasteiger partial charge in [0, 0.05) is 0 Å². The average molecular weight is 386 g/mol. The van der Waals surface area contributed by atoms with Crippen LogP contribution in [0.1, 0.15) is 0 Å². The average Bonchev–Trinajstić information content (AvgIpc) is 2.37. The van der Waals surface area contributed by atoms with Gasteiger partial charge in [0.05, 0.1) is 9.26 Å². The van der Waals surface area contributed by atoms with E-state index < -0.39 is 35.0 Å². The highest BCUT2D eigenvalue weighted by Crippen LogP contribution is 2.29. The van der Waals surface area contributed by atoms with Gasteiger partial charge < -0.3 is 5.32 Å². The Bertz CT molecular complexity index is 621. The Balaban J connectivity index is 2.52. The summed E-state index contributed by atoms with van der Waals surface area (Å²) in [6.45, 7) is 0. The van der Waals surface area contributed by atoms with E-state index in [9.17, 15) is 22.0 Å². The highest BCUT2D eigenvalue weighted by atomic mass is 127. The molecule has 0 aliphatic carbocycles. The van der Waals surface area contributed by atoms with Gasteiger partial charge in [0.2, 0.25) is 11.6 Å². The number of hydrogen-bond donors (Lipinski definition) is 1. The topological polar surface area (TPSA) is 24.9 Å². The molecule has 0 saturated carbocycles. The van der Waals surface area contributed by atoms with Crippen molar-refractivity contribution in [1.82, 2.24) is 4.98 Å². The van der Waals surface area contributed by atoms with Crippen LogP contribution in [-0.4, -0.2) is 4.98 Å². The van der Waals surface area contributed by atoms with Crippen LogP contribution in [0.15, 0.2) is 18.2 Å². The second-order valence-electron chi connectivity index (χ2n) is 3.42. The SMILES string of the molecule is Fc1cccc(Nc2c(F)c(F)nc(F)c2F)c1I. The molecule has 0 atom stereocenters. The summed E-state index contributed by atoms with van der Waals surface area (Å²) >= 11 is 1.59. The molecule has 0 radical (unpaired) electrons. The van der Waals surface area contributed by atoms with Gasteiger partial charge in [-0.25, -0.2) is 4.39 Å². The van der Waals surface area contributed by atoms with Gasteiger partial charge >= 0.3 is 0 Å². The molecule has 8 heteroatoms. The van der Waals surface area contributed by atoms with E-state index in [0.29, 0.717) is 0 Å². The first-order chi connectivity index (χ1) is 8.91. The van der Waals surface area contributed by atoms with Gasteiger partial charge in [-0.2, -0.15) is 22.5 Å². The van der Waals surface area contributed by atoms with E-state index in [-0.39, 0.29) is 9.26 Å². The van der Waals surface area contributed by atoms with Crippen LogP contribution in [0.5, 0.6) is 0 Å². The summed E-state index contributed by atoms with van der Waals surface area (Å²) in [5, 5.41) is 2.11. The molecule has 0 unspecified atom stereocenters. The van der Waals surface area contributed by atoms with Crippen LogP contribution in [0, 0.1) is 32.9 Å². The zero-order valence-corrected chi connectivity index (χ0v) is 11.1. The molecule has 0 aliphatic heterocycles. The fourth-order valence-electron chi connectivity index (χ4n) is 1.33. The molecule has 0 fully saturated rings. The lowest BCUT2D eigenvalue weighted by atomic mass is 10.3. The van der Waals surface area contributed by atoms with E-state index in [4.69, 9.17) is 0 Å². The number of nitrogens with zero attached hydrogens (tertiary/aromatic N) is 1. The third-order valence-electron chi connectivity index (χ3n) is 2.21. The fourth-order valence-corrected chi connectivity index (χ4v) is 1.83. The molecule has 0 saturated heterocycles. The maximum absolute atomic E-state index is 13.4. The van der Waals surface area contributed by atoms with E-state index >= 15 is 0 Å². The number of aromatic nitrogens is 1. The smallest absolute Gasteiger partial charge is 0.253 e. The predicted octanol–water partition coefficient (Wildman–Crippen LogP) is 4.13. The number of hydrogen-bond acceptors (Lipinski definition) is 2. The molecule has 2 rings (SSSR count). The van der Waals surface area contributed by atoms with Gasteiger partial charge in [-0.15, -0.1) is 0 Å². The summed E-state index contributed by atoms with van der Waals surface area (Å²) in [6.07, 6.45) is 0. The normalized spacial score (nSPS) is 10.6. The highest BCUT2D eigenvalue weighted by Gasteiger charge is 2.21. The first-order valence-electron chi connectivity index (χ1n) is 4.83. The molecule has 100 valence electrons.